The van der Waals surface area contributed by atoms with Crippen LogP contribution in [-0.2, 0) is 6.42 Å². The molecule has 1 fully saturated rings. The van der Waals surface area contributed by atoms with Gasteiger partial charge in [0.15, 0.2) is 0 Å². The van der Waals surface area contributed by atoms with Crippen LogP contribution in [0.15, 0.2) is 18.2 Å². The van der Waals surface area contributed by atoms with Crippen LogP contribution in [0, 0.1) is 19.8 Å². The van der Waals surface area contributed by atoms with Crippen molar-refractivity contribution < 1.29 is 5.11 Å². The minimum atomic E-state index is -0.0363. The van der Waals surface area contributed by atoms with Gasteiger partial charge in [0.05, 0.1) is 6.10 Å². The van der Waals surface area contributed by atoms with E-state index in [-0.39, 0.29) is 6.10 Å². The van der Waals surface area contributed by atoms with Crippen LogP contribution in [0.1, 0.15) is 42.4 Å². The molecule has 0 aliphatic heterocycles. The van der Waals surface area contributed by atoms with Crippen LogP contribution >= 0.6 is 0 Å². The zero-order chi connectivity index (χ0) is 11.5. The number of hydrogen-bond acceptors (Lipinski definition) is 1. The standard InChI is InChI=1S/C15H22O/c1-11-6-7-13(12(2)10-11)8-9-14-4-3-5-15(14)16/h6-7,10,14-16H,3-5,8-9H2,1-2H3. The Morgan fingerprint density at radius 3 is 2.69 bits per heavy atom. The lowest BCUT2D eigenvalue weighted by atomic mass is 9.94. The molecule has 88 valence electrons. The van der Waals surface area contributed by atoms with Crippen LogP contribution in [0.2, 0.25) is 0 Å². The maximum absolute atomic E-state index is 9.78. The number of rotatable bonds is 3. The first-order valence-electron chi connectivity index (χ1n) is 6.41. The number of hydrogen-bond donors (Lipinski definition) is 1. The van der Waals surface area contributed by atoms with Crippen LogP contribution in [-0.4, -0.2) is 11.2 Å². The molecule has 0 aromatic heterocycles. The Morgan fingerprint density at radius 2 is 2.06 bits per heavy atom. The monoisotopic (exact) mass is 218 g/mol. The summed E-state index contributed by atoms with van der Waals surface area (Å²) in [6.45, 7) is 4.32. The zero-order valence-corrected chi connectivity index (χ0v) is 10.4. The summed E-state index contributed by atoms with van der Waals surface area (Å²) in [6.07, 6.45) is 5.66. The van der Waals surface area contributed by atoms with Crippen molar-refractivity contribution in [1.29, 1.82) is 0 Å². The van der Waals surface area contributed by atoms with Gasteiger partial charge in [0.25, 0.3) is 0 Å². The SMILES string of the molecule is Cc1ccc(CCC2CCCC2O)c(C)c1. The van der Waals surface area contributed by atoms with Crippen molar-refractivity contribution in [2.75, 3.05) is 0 Å². The number of benzene rings is 1. The molecule has 1 aliphatic rings. The predicted molar refractivity (Wildman–Crippen MR) is 67.6 cm³/mol. The molecule has 16 heavy (non-hydrogen) atoms. The van der Waals surface area contributed by atoms with Gasteiger partial charge >= 0.3 is 0 Å². The second kappa shape index (κ2) is 5.01. The van der Waals surface area contributed by atoms with Crippen LogP contribution in [0.4, 0.5) is 0 Å². The Hall–Kier alpha value is -0.820. The predicted octanol–water partition coefficient (Wildman–Crippen LogP) is 3.40. The number of aliphatic hydroxyl groups is 1. The van der Waals surface area contributed by atoms with Gasteiger partial charge in [0.1, 0.15) is 0 Å². The van der Waals surface area contributed by atoms with Crippen LogP contribution in [0.25, 0.3) is 0 Å². The van der Waals surface area contributed by atoms with Crippen molar-refractivity contribution in [3.8, 4) is 0 Å². The number of aliphatic hydroxyl groups excluding tert-OH is 1. The normalized spacial score (nSPS) is 24.9. The van der Waals surface area contributed by atoms with Crippen LogP contribution in [0.5, 0.6) is 0 Å². The van der Waals surface area contributed by atoms with E-state index in [1.165, 1.54) is 29.5 Å². The molecule has 2 unspecified atom stereocenters. The molecule has 1 nitrogen and oxygen atoms in total. The third kappa shape index (κ3) is 2.65. The van der Waals surface area contributed by atoms with Crippen molar-refractivity contribution in [2.24, 2.45) is 5.92 Å². The van der Waals surface area contributed by atoms with Crippen LogP contribution < -0.4 is 0 Å². The molecule has 1 aromatic rings. The molecule has 1 heteroatoms. The van der Waals surface area contributed by atoms with Gasteiger partial charge in [-0.2, -0.15) is 0 Å². The topological polar surface area (TPSA) is 20.2 Å². The van der Waals surface area contributed by atoms with E-state index in [9.17, 15) is 5.11 Å². The second-order valence-electron chi connectivity index (χ2n) is 5.23. The van der Waals surface area contributed by atoms with E-state index in [1.54, 1.807) is 0 Å². The van der Waals surface area contributed by atoms with E-state index in [2.05, 4.69) is 32.0 Å². The maximum Gasteiger partial charge on any atom is 0.0568 e. The van der Waals surface area contributed by atoms with Gasteiger partial charge in [0.2, 0.25) is 0 Å². The number of aryl methyl sites for hydroxylation is 3. The Morgan fingerprint density at radius 1 is 1.25 bits per heavy atom. The van der Waals surface area contributed by atoms with Crippen molar-refractivity contribution in [3.63, 3.8) is 0 Å². The molecule has 0 heterocycles. The lowest BCUT2D eigenvalue weighted by Gasteiger charge is -2.15. The molecule has 0 spiro atoms. The minimum absolute atomic E-state index is 0.0363. The first-order chi connectivity index (χ1) is 7.66. The van der Waals surface area contributed by atoms with E-state index in [4.69, 9.17) is 0 Å². The van der Waals surface area contributed by atoms with Crippen molar-refractivity contribution >= 4 is 0 Å². The Labute approximate surface area is 98.5 Å². The van der Waals surface area contributed by atoms with E-state index in [0.717, 1.165) is 19.3 Å². The van der Waals surface area contributed by atoms with E-state index in [1.807, 2.05) is 0 Å². The van der Waals surface area contributed by atoms with Crippen LogP contribution in [0.3, 0.4) is 0 Å². The lowest BCUT2D eigenvalue weighted by molar-refractivity contribution is 0.128. The van der Waals surface area contributed by atoms with Crippen molar-refractivity contribution in [3.05, 3.63) is 34.9 Å². The summed E-state index contributed by atoms with van der Waals surface area (Å²) >= 11 is 0. The van der Waals surface area contributed by atoms with Gasteiger partial charge in [-0.1, -0.05) is 30.2 Å². The van der Waals surface area contributed by atoms with Gasteiger partial charge in [-0.3, -0.25) is 0 Å². The summed E-state index contributed by atoms with van der Waals surface area (Å²) < 4.78 is 0. The smallest absolute Gasteiger partial charge is 0.0568 e. The average Bonchev–Trinajstić information content (AvgIpc) is 2.63. The summed E-state index contributed by atoms with van der Waals surface area (Å²) in [6, 6.07) is 6.68. The third-order valence-corrected chi connectivity index (χ3v) is 3.90. The minimum Gasteiger partial charge on any atom is -0.393 e. The zero-order valence-electron chi connectivity index (χ0n) is 10.4. The molecule has 2 atom stereocenters. The average molecular weight is 218 g/mol. The summed E-state index contributed by atoms with van der Waals surface area (Å²) in [7, 11) is 0. The molecule has 0 saturated heterocycles. The Balaban J connectivity index is 1.94. The maximum atomic E-state index is 9.78. The molecule has 1 aromatic carbocycles. The second-order valence-corrected chi connectivity index (χ2v) is 5.23. The van der Waals surface area contributed by atoms with Crippen molar-refractivity contribution in [1.82, 2.24) is 0 Å². The quantitative estimate of drug-likeness (QED) is 0.824. The third-order valence-electron chi connectivity index (χ3n) is 3.90. The molecule has 1 saturated carbocycles. The fourth-order valence-corrected chi connectivity index (χ4v) is 2.82. The van der Waals surface area contributed by atoms with E-state index < -0.39 is 0 Å². The van der Waals surface area contributed by atoms with Gasteiger partial charge in [-0.05, 0) is 56.6 Å². The lowest BCUT2D eigenvalue weighted by Crippen LogP contribution is -2.13. The fourth-order valence-electron chi connectivity index (χ4n) is 2.82. The summed E-state index contributed by atoms with van der Waals surface area (Å²) in [4.78, 5) is 0. The van der Waals surface area contributed by atoms with E-state index in [0.29, 0.717) is 5.92 Å². The fraction of sp³-hybridized carbons (Fsp3) is 0.600. The highest BCUT2D eigenvalue weighted by Crippen LogP contribution is 2.29. The van der Waals surface area contributed by atoms with Gasteiger partial charge < -0.3 is 5.11 Å². The molecule has 0 bridgehead atoms. The molecule has 0 amide bonds. The highest BCUT2D eigenvalue weighted by molar-refractivity contribution is 5.30. The molecule has 1 aliphatic carbocycles. The van der Waals surface area contributed by atoms with E-state index >= 15 is 0 Å². The molecule has 0 radical (unpaired) electrons. The first kappa shape index (κ1) is 11.7. The highest BCUT2D eigenvalue weighted by atomic mass is 16.3. The molecule has 2 rings (SSSR count). The summed E-state index contributed by atoms with van der Waals surface area (Å²) in [5.74, 6) is 0.542. The highest BCUT2D eigenvalue weighted by Gasteiger charge is 2.24. The summed E-state index contributed by atoms with van der Waals surface area (Å²) in [5.41, 5.74) is 4.18. The molecular weight excluding hydrogens is 196 g/mol. The van der Waals surface area contributed by atoms with Crippen molar-refractivity contribution in [2.45, 2.75) is 52.1 Å². The Kier molecular flexibility index (Phi) is 3.65. The van der Waals surface area contributed by atoms with Gasteiger partial charge in [-0.25, -0.2) is 0 Å². The summed E-state index contributed by atoms with van der Waals surface area (Å²) in [5, 5.41) is 9.78. The molecule has 1 N–H and O–H groups in total. The first-order valence-corrected chi connectivity index (χ1v) is 6.41. The Bertz CT molecular complexity index is 356. The van der Waals surface area contributed by atoms with Gasteiger partial charge in [0, 0.05) is 0 Å². The molecular formula is C15H22O. The largest absolute Gasteiger partial charge is 0.393 e. The van der Waals surface area contributed by atoms with Gasteiger partial charge in [-0.15, -0.1) is 0 Å².